The van der Waals surface area contributed by atoms with E-state index in [-0.39, 0.29) is 0 Å². The largest absolute Gasteiger partial charge is 0.374 e. The van der Waals surface area contributed by atoms with Crippen molar-refractivity contribution < 1.29 is 0 Å². The maximum absolute atomic E-state index is 5.54. The monoisotopic (exact) mass is 307 g/mol. The van der Waals surface area contributed by atoms with Gasteiger partial charge in [0.25, 0.3) is 0 Å². The smallest absolute Gasteiger partial charge is 0.203 e. The average molecular weight is 307 g/mol. The fourth-order valence-electron chi connectivity index (χ4n) is 1.39. The van der Waals surface area contributed by atoms with Crippen LogP contribution in [-0.2, 0) is 5.75 Å². The zero-order valence-corrected chi connectivity index (χ0v) is 12.1. The number of aromatic nitrogens is 4. The molecular weight excluding hydrogens is 298 g/mol. The van der Waals surface area contributed by atoms with Crippen LogP contribution in [0.5, 0.6) is 0 Å². The number of rotatable bonds is 4. The van der Waals surface area contributed by atoms with Crippen LogP contribution in [0.1, 0.15) is 5.69 Å². The quantitative estimate of drug-likeness (QED) is 0.747. The summed E-state index contributed by atoms with van der Waals surface area (Å²) >= 11 is 4.58. The Morgan fingerprint density at radius 1 is 1.26 bits per heavy atom. The van der Waals surface area contributed by atoms with Gasteiger partial charge >= 0.3 is 0 Å². The molecule has 0 aliphatic heterocycles. The first-order chi connectivity index (χ1) is 9.31. The van der Waals surface area contributed by atoms with E-state index in [4.69, 9.17) is 5.73 Å². The lowest BCUT2D eigenvalue weighted by Gasteiger charge is -1.94. The van der Waals surface area contributed by atoms with Crippen LogP contribution in [0.25, 0.3) is 10.7 Å². The van der Waals surface area contributed by atoms with E-state index in [1.54, 1.807) is 29.3 Å². The molecule has 0 saturated carbocycles. The highest BCUT2D eigenvalue weighted by Crippen LogP contribution is 2.29. The van der Waals surface area contributed by atoms with E-state index in [2.05, 4.69) is 20.2 Å². The summed E-state index contributed by atoms with van der Waals surface area (Å²) in [6, 6.07) is 5.82. The Bertz CT molecular complexity index is 664. The molecule has 3 rings (SSSR count). The average Bonchev–Trinajstić information content (AvgIpc) is 3.06. The zero-order valence-electron chi connectivity index (χ0n) is 9.68. The number of anilines is 1. The number of pyridine rings is 1. The summed E-state index contributed by atoms with van der Waals surface area (Å²) in [5.74, 6) is 0.762. The van der Waals surface area contributed by atoms with Gasteiger partial charge in [0, 0.05) is 17.3 Å². The molecule has 3 aromatic rings. The van der Waals surface area contributed by atoms with Crippen LogP contribution in [0.2, 0.25) is 0 Å². The van der Waals surface area contributed by atoms with Gasteiger partial charge in [-0.25, -0.2) is 4.98 Å². The van der Waals surface area contributed by atoms with Crippen LogP contribution in [0, 0.1) is 0 Å². The van der Waals surface area contributed by atoms with Crippen LogP contribution < -0.4 is 5.73 Å². The Morgan fingerprint density at radius 3 is 2.95 bits per heavy atom. The Hall–Kier alpha value is -1.51. The molecule has 0 aliphatic rings. The summed E-state index contributed by atoms with van der Waals surface area (Å²) in [5.41, 5.74) is 7.46. The van der Waals surface area contributed by atoms with E-state index in [1.165, 1.54) is 11.3 Å². The van der Waals surface area contributed by atoms with E-state index >= 15 is 0 Å². The third-order valence-electron chi connectivity index (χ3n) is 2.20. The molecule has 8 heteroatoms. The molecule has 19 heavy (non-hydrogen) atoms. The lowest BCUT2D eigenvalue weighted by Crippen LogP contribution is -1.83. The van der Waals surface area contributed by atoms with Gasteiger partial charge in [0.15, 0.2) is 4.34 Å². The molecule has 0 bridgehead atoms. The van der Waals surface area contributed by atoms with Gasteiger partial charge in [-0.05, 0) is 12.1 Å². The standard InChI is InChI=1S/C11H9N5S3/c12-10-15-16-11(19-10)18-6-7-5-17-9(14-7)8-3-1-2-4-13-8/h1-5H,6H2,(H2,12,15). The summed E-state index contributed by atoms with van der Waals surface area (Å²) in [5, 5.41) is 11.2. The molecule has 0 saturated heterocycles. The molecule has 0 unspecified atom stereocenters. The number of nitrogen functional groups attached to an aromatic ring is 1. The van der Waals surface area contributed by atoms with Crippen LogP contribution in [0.4, 0.5) is 5.13 Å². The van der Waals surface area contributed by atoms with Crippen LogP contribution in [0.15, 0.2) is 34.1 Å². The highest BCUT2D eigenvalue weighted by molar-refractivity contribution is 8.00. The van der Waals surface area contributed by atoms with E-state index in [1.807, 2.05) is 23.6 Å². The molecule has 0 spiro atoms. The van der Waals surface area contributed by atoms with Gasteiger partial charge in [0.2, 0.25) is 5.13 Å². The molecule has 0 radical (unpaired) electrons. The molecule has 0 aromatic carbocycles. The second-order valence-electron chi connectivity index (χ2n) is 3.55. The predicted molar refractivity (Wildman–Crippen MR) is 79.2 cm³/mol. The van der Waals surface area contributed by atoms with Crippen molar-refractivity contribution in [1.29, 1.82) is 0 Å². The van der Waals surface area contributed by atoms with Crippen LogP contribution >= 0.6 is 34.4 Å². The minimum absolute atomic E-state index is 0.495. The van der Waals surface area contributed by atoms with E-state index in [0.29, 0.717) is 5.13 Å². The fraction of sp³-hybridized carbons (Fsp3) is 0.0909. The minimum Gasteiger partial charge on any atom is -0.374 e. The van der Waals surface area contributed by atoms with Crippen molar-refractivity contribution in [2.45, 2.75) is 10.1 Å². The van der Waals surface area contributed by atoms with Crippen molar-refractivity contribution in [2.24, 2.45) is 0 Å². The van der Waals surface area contributed by atoms with Gasteiger partial charge in [0.1, 0.15) is 5.01 Å². The summed E-state index contributed by atoms with van der Waals surface area (Å²) in [7, 11) is 0. The first-order valence-electron chi connectivity index (χ1n) is 5.39. The number of nitrogens with two attached hydrogens (primary N) is 1. The first-order valence-corrected chi connectivity index (χ1v) is 8.07. The number of hydrogen-bond donors (Lipinski definition) is 1. The maximum atomic E-state index is 5.54. The summed E-state index contributed by atoms with van der Waals surface area (Å²) < 4.78 is 0.866. The lowest BCUT2D eigenvalue weighted by molar-refractivity contribution is 1.02. The molecule has 96 valence electrons. The van der Waals surface area contributed by atoms with Gasteiger partial charge in [-0.2, -0.15) is 0 Å². The topological polar surface area (TPSA) is 77.6 Å². The molecule has 5 nitrogen and oxygen atoms in total. The van der Waals surface area contributed by atoms with Crippen molar-refractivity contribution >= 4 is 39.6 Å². The zero-order chi connectivity index (χ0) is 13.1. The molecular formula is C11H9N5S3. The van der Waals surface area contributed by atoms with Crippen molar-refractivity contribution in [3.63, 3.8) is 0 Å². The van der Waals surface area contributed by atoms with Gasteiger partial charge in [-0.15, -0.1) is 21.5 Å². The summed E-state index contributed by atoms with van der Waals surface area (Å²) in [6.07, 6.45) is 1.77. The number of thioether (sulfide) groups is 1. The second kappa shape index (κ2) is 5.64. The normalized spacial score (nSPS) is 10.7. The lowest BCUT2D eigenvalue weighted by atomic mass is 10.4. The van der Waals surface area contributed by atoms with Gasteiger partial charge in [0.05, 0.1) is 11.4 Å². The Balaban J connectivity index is 1.68. The van der Waals surface area contributed by atoms with E-state index < -0.39 is 0 Å². The van der Waals surface area contributed by atoms with Gasteiger partial charge in [-0.3, -0.25) is 4.98 Å². The van der Waals surface area contributed by atoms with E-state index in [9.17, 15) is 0 Å². The Morgan fingerprint density at radius 2 is 2.21 bits per heavy atom. The SMILES string of the molecule is Nc1nnc(SCc2csc(-c3ccccn3)n2)s1. The fourth-order valence-corrected chi connectivity index (χ4v) is 3.82. The third kappa shape index (κ3) is 3.09. The first kappa shape index (κ1) is 12.5. The van der Waals surface area contributed by atoms with Crippen molar-refractivity contribution in [3.05, 3.63) is 35.5 Å². The third-order valence-corrected chi connectivity index (χ3v) is 5.03. The van der Waals surface area contributed by atoms with Gasteiger partial charge in [-0.1, -0.05) is 29.2 Å². The molecule has 2 N–H and O–H groups in total. The number of nitrogens with zero attached hydrogens (tertiary/aromatic N) is 4. The van der Waals surface area contributed by atoms with Crippen molar-refractivity contribution in [2.75, 3.05) is 5.73 Å². The summed E-state index contributed by atoms with van der Waals surface area (Å²) in [6.45, 7) is 0. The maximum Gasteiger partial charge on any atom is 0.203 e. The molecule has 0 fully saturated rings. The Kier molecular flexibility index (Phi) is 3.72. The molecule has 0 atom stereocenters. The van der Waals surface area contributed by atoms with Crippen LogP contribution in [0.3, 0.4) is 0 Å². The van der Waals surface area contributed by atoms with E-state index in [0.717, 1.165) is 26.5 Å². The molecule has 3 heterocycles. The molecule has 0 aliphatic carbocycles. The number of thiazole rings is 1. The Labute approximate surface area is 122 Å². The van der Waals surface area contributed by atoms with Crippen LogP contribution in [-0.4, -0.2) is 20.2 Å². The van der Waals surface area contributed by atoms with Crippen molar-refractivity contribution in [1.82, 2.24) is 20.2 Å². The second-order valence-corrected chi connectivity index (χ2v) is 6.64. The highest BCUT2D eigenvalue weighted by atomic mass is 32.2. The van der Waals surface area contributed by atoms with Crippen molar-refractivity contribution in [3.8, 4) is 10.7 Å². The van der Waals surface area contributed by atoms with Gasteiger partial charge < -0.3 is 5.73 Å². The molecule has 3 aromatic heterocycles. The summed E-state index contributed by atoms with van der Waals surface area (Å²) in [4.78, 5) is 8.85. The molecule has 0 amide bonds. The minimum atomic E-state index is 0.495. The highest BCUT2D eigenvalue weighted by Gasteiger charge is 2.07. The predicted octanol–water partition coefficient (Wildman–Crippen LogP) is 2.93. The number of hydrogen-bond acceptors (Lipinski definition) is 8.